The molecule has 0 saturated carbocycles. The molecule has 8 heteroatoms. The first-order valence-corrected chi connectivity index (χ1v) is 5.82. The molecule has 8 nitrogen and oxygen atoms in total. The van der Waals surface area contributed by atoms with Gasteiger partial charge in [-0.2, -0.15) is 0 Å². The Labute approximate surface area is 119 Å². The number of ether oxygens (including phenoxy) is 1. The molecule has 108 valence electrons. The summed E-state index contributed by atoms with van der Waals surface area (Å²) >= 11 is 0. The van der Waals surface area contributed by atoms with Gasteiger partial charge >= 0.3 is 5.97 Å². The van der Waals surface area contributed by atoms with Gasteiger partial charge in [0.15, 0.2) is 11.5 Å². The molecule has 0 saturated heterocycles. The molecule has 21 heavy (non-hydrogen) atoms. The number of nitrogens with two attached hydrogens (primary N) is 1. The fraction of sp³-hybridized carbons (Fsp3) is 0.0769. The van der Waals surface area contributed by atoms with E-state index in [0.717, 1.165) is 0 Å². The maximum Gasteiger partial charge on any atom is 0.339 e. The zero-order chi connectivity index (χ0) is 15.4. The van der Waals surface area contributed by atoms with Crippen molar-refractivity contribution in [2.24, 2.45) is 5.73 Å². The summed E-state index contributed by atoms with van der Waals surface area (Å²) in [5.41, 5.74) is 5.70. The first-order chi connectivity index (χ1) is 10.0. The number of carboxylic acid groups (broad SMARTS) is 1. The Balaban J connectivity index is 2.37. The monoisotopic (exact) mass is 288 g/mol. The first kappa shape index (κ1) is 14.3. The lowest BCUT2D eigenvalue weighted by Crippen LogP contribution is -2.16. The third kappa shape index (κ3) is 3.06. The van der Waals surface area contributed by atoms with Crippen molar-refractivity contribution < 1.29 is 19.4 Å². The SMILES string of the molecule is COc1cc(Nc2nccnc2C(N)=O)ccc1C(=O)O. The van der Waals surface area contributed by atoms with Crippen molar-refractivity contribution in [3.8, 4) is 5.75 Å². The molecule has 0 bridgehead atoms. The second-order valence-corrected chi connectivity index (χ2v) is 3.96. The number of hydrogen-bond acceptors (Lipinski definition) is 6. The van der Waals surface area contributed by atoms with Crippen LogP contribution in [0.4, 0.5) is 11.5 Å². The number of aromatic carboxylic acids is 1. The fourth-order valence-electron chi connectivity index (χ4n) is 1.69. The highest BCUT2D eigenvalue weighted by Crippen LogP contribution is 2.25. The van der Waals surface area contributed by atoms with Crippen molar-refractivity contribution >= 4 is 23.4 Å². The molecule has 0 aliphatic carbocycles. The number of benzene rings is 1. The normalized spacial score (nSPS) is 9.95. The number of amides is 1. The molecular formula is C13H12N4O4. The Morgan fingerprint density at radius 1 is 1.29 bits per heavy atom. The predicted molar refractivity (Wildman–Crippen MR) is 73.8 cm³/mol. The van der Waals surface area contributed by atoms with Gasteiger partial charge in [-0.1, -0.05) is 0 Å². The molecule has 4 N–H and O–H groups in total. The molecule has 0 fully saturated rings. The van der Waals surface area contributed by atoms with Gasteiger partial charge in [-0.25, -0.2) is 14.8 Å². The zero-order valence-electron chi connectivity index (χ0n) is 11.0. The molecule has 0 spiro atoms. The fourth-order valence-corrected chi connectivity index (χ4v) is 1.69. The summed E-state index contributed by atoms with van der Waals surface area (Å²) in [5, 5.41) is 11.9. The minimum absolute atomic E-state index is 0.0150. The van der Waals surface area contributed by atoms with Crippen LogP contribution in [0.15, 0.2) is 30.6 Å². The van der Waals surface area contributed by atoms with E-state index in [0.29, 0.717) is 5.69 Å². The number of aromatic nitrogens is 2. The minimum atomic E-state index is -1.10. The molecule has 0 atom stereocenters. The molecule has 1 aromatic heterocycles. The molecular weight excluding hydrogens is 276 g/mol. The number of methoxy groups -OCH3 is 1. The maximum atomic E-state index is 11.3. The lowest BCUT2D eigenvalue weighted by Gasteiger charge is -2.10. The highest BCUT2D eigenvalue weighted by molar-refractivity contribution is 5.96. The Bertz CT molecular complexity index is 702. The largest absolute Gasteiger partial charge is 0.496 e. The molecule has 0 aliphatic rings. The van der Waals surface area contributed by atoms with Gasteiger partial charge < -0.3 is 20.9 Å². The smallest absolute Gasteiger partial charge is 0.339 e. The van der Waals surface area contributed by atoms with Crippen molar-refractivity contribution in [3.63, 3.8) is 0 Å². The second-order valence-electron chi connectivity index (χ2n) is 3.96. The maximum absolute atomic E-state index is 11.3. The summed E-state index contributed by atoms with van der Waals surface area (Å²) in [6, 6.07) is 4.37. The highest BCUT2D eigenvalue weighted by atomic mass is 16.5. The number of primary amides is 1. The topological polar surface area (TPSA) is 127 Å². The summed E-state index contributed by atoms with van der Waals surface area (Å²) < 4.78 is 5.01. The van der Waals surface area contributed by atoms with Crippen LogP contribution in [-0.4, -0.2) is 34.1 Å². The molecule has 0 aliphatic heterocycles. The summed E-state index contributed by atoms with van der Waals surface area (Å²) in [4.78, 5) is 30.1. The van der Waals surface area contributed by atoms with Gasteiger partial charge in [0.25, 0.3) is 5.91 Å². The highest BCUT2D eigenvalue weighted by Gasteiger charge is 2.14. The first-order valence-electron chi connectivity index (χ1n) is 5.82. The Kier molecular flexibility index (Phi) is 3.98. The van der Waals surface area contributed by atoms with Crippen molar-refractivity contribution in [2.75, 3.05) is 12.4 Å². The van der Waals surface area contributed by atoms with E-state index in [1.165, 1.54) is 37.7 Å². The van der Waals surface area contributed by atoms with Crippen LogP contribution in [0.2, 0.25) is 0 Å². The second kappa shape index (κ2) is 5.87. The number of nitrogens with zero attached hydrogens (tertiary/aromatic N) is 2. The van der Waals surface area contributed by atoms with Gasteiger partial charge in [0.05, 0.1) is 7.11 Å². The molecule has 0 unspecified atom stereocenters. The Morgan fingerprint density at radius 3 is 2.62 bits per heavy atom. The molecule has 1 aromatic carbocycles. The number of carboxylic acids is 1. The van der Waals surface area contributed by atoms with Gasteiger partial charge in [-0.05, 0) is 12.1 Å². The summed E-state index contributed by atoms with van der Waals surface area (Å²) in [6.07, 6.45) is 2.75. The van der Waals surface area contributed by atoms with Crippen molar-refractivity contribution in [3.05, 3.63) is 41.9 Å². The number of carbonyl (C=O) groups is 2. The van der Waals surface area contributed by atoms with Gasteiger partial charge in [0.2, 0.25) is 0 Å². The van der Waals surface area contributed by atoms with Crippen LogP contribution < -0.4 is 15.8 Å². The van der Waals surface area contributed by atoms with Crippen molar-refractivity contribution in [1.29, 1.82) is 0 Å². The van der Waals surface area contributed by atoms with E-state index in [1.807, 2.05) is 0 Å². The van der Waals surface area contributed by atoms with E-state index in [2.05, 4.69) is 15.3 Å². The van der Waals surface area contributed by atoms with Crippen molar-refractivity contribution in [1.82, 2.24) is 9.97 Å². The lowest BCUT2D eigenvalue weighted by atomic mass is 10.2. The number of hydrogen-bond donors (Lipinski definition) is 3. The molecule has 0 radical (unpaired) electrons. The van der Waals surface area contributed by atoms with Crippen LogP contribution in [0.5, 0.6) is 5.75 Å². The standard InChI is InChI=1S/C13H12N4O4/c1-21-9-6-7(2-3-8(9)13(19)20)17-12-10(11(14)18)15-4-5-16-12/h2-6H,1H3,(H2,14,18)(H,16,17)(H,19,20). The average molecular weight is 288 g/mol. The van der Waals surface area contributed by atoms with Crippen LogP contribution in [0.25, 0.3) is 0 Å². The summed E-state index contributed by atoms with van der Waals surface area (Å²) in [5.74, 6) is -1.47. The average Bonchev–Trinajstić information content (AvgIpc) is 2.47. The predicted octanol–water partition coefficient (Wildman–Crippen LogP) is 1.03. The third-order valence-corrected chi connectivity index (χ3v) is 2.63. The number of carbonyl (C=O) groups excluding carboxylic acids is 1. The summed E-state index contributed by atoms with van der Waals surface area (Å²) in [6.45, 7) is 0. The van der Waals surface area contributed by atoms with E-state index in [4.69, 9.17) is 15.6 Å². The summed E-state index contributed by atoms with van der Waals surface area (Å²) in [7, 11) is 1.36. The van der Waals surface area contributed by atoms with Crippen LogP contribution >= 0.6 is 0 Å². The van der Waals surface area contributed by atoms with E-state index < -0.39 is 11.9 Å². The number of rotatable bonds is 5. The molecule has 1 heterocycles. The van der Waals surface area contributed by atoms with Gasteiger partial charge in [-0.3, -0.25) is 4.79 Å². The molecule has 2 aromatic rings. The Hall–Kier alpha value is -3.16. The van der Waals surface area contributed by atoms with Gasteiger partial charge in [-0.15, -0.1) is 0 Å². The third-order valence-electron chi connectivity index (χ3n) is 2.63. The number of nitrogens with one attached hydrogen (secondary N) is 1. The zero-order valence-corrected chi connectivity index (χ0v) is 11.0. The van der Waals surface area contributed by atoms with E-state index in [1.54, 1.807) is 0 Å². The van der Waals surface area contributed by atoms with E-state index in [-0.39, 0.29) is 22.8 Å². The minimum Gasteiger partial charge on any atom is -0.496 e. The quantitative estimate of drug-likeness (QED) is 0.749. The van der Waals surface area contributed by atoms with E-state index in [9.17, 15) is 9.59 Å². The molecule has 2 rings (SSSR count). The van der Waals surface area contributed by atoms with Crippen LogP contribution in [0.1, 0.15) is 20.8 Å². The van der Waals surface area contributed by atoms with Crippen LogP contribution in [0.3, 0.4) is 0 Å². The van der Waals surface area contributed by atoms with Crippen LogP contribution in [0, 0.1) is 0 Å². The number of anilines is 2. The Morgan fingerprint density at radius 2 is 2.00 bits per heavy atom. The van der Waals surface area contributed by atoms with Crippen molar-refractivity contribution in [2.45, 2.75) is 0 Å². The van der Waals surface area contributed by atoms with Gasteiger partial charge in [0, 0.05) is 24.1 Å². The van der Waals surface area contributed by atoms with E-state index >= 15 is 0 Å². The van der Waals surface area contributed by atoms with Gasteiger partial charge in [0.1, 0.15) is 11.3 Å². The van der Waals surface area contributed by atoms with Crippen LogP contribution in [-0.2, 0) is 0 Å². The lowest BCUT2D eigenvalue weighted by molar-refractivity contribution is 0.0693. The molecule has 1 amide bonds.